The van der Waals surface area contributed by atoms with Crippen molar-refractivity contribution in [2.75, 3.05) is 0 Å². The Morgan fingerprint density at radius 3 is 2.47 bits per heavy atom. The zero-order chi connectivity index (χ0) is 13.2. The van der Waals surface area contributed by atoms with E-state index < -0.39 is 33.1 Å². The van der Waals surface area contributed by atoms with Crippen molar-refractivity contribution in [1.82, 2.24) is 0 Å². The number of hydrogen-bond donors (Lipinski definition) is 1. The van der Waals surface area contributed by atoms with E-state index in [4.69, 9.17) is 16.8 Å². The fourth-order valence-corrected chi connectivity index (χ4v) is 1.28. The molecule has 1 aromatic rings. The molecule has 0 radical (unpaired) electrons. The maximum Gasteiger partial charge on any atom is 0.417 e. The van der Waals surface area contributed by atoms with E-state index in [9.17, 15) is 23.3 Å². The molecule has 0 saturated carbocycles. The molecule has 0 aliphatic heterocycles. The fourth-order valence-electron chi connectivity index (χ4n) is 1.11. The lowest BCUT2D eigenvalue weighted by Gasteiger charge is -2.10. The van der Waals surface area contributed by atoms with Crippen molar-refractivity contribution >= 4 is 22.5 Å². The number of benzene rings is 1. The van der Waals surface area contributed by atoms with Gasteiger partial charge in [0.1, 0.15) is 0 Å². The summed E-state index contributed by atoms with van der Waals surface area (Å²) in [6.07, 6.45) is -4.84. The molecule has 17 heavy (non-hydrogen) atoms. The van der Waals surface area contributed by atoms with Crippen molar-refractivity contribution in [3.63, 3.8) is 0 Å². The molecule has 1 N–H and O–H groups in total. The van der Waals surface area contributed by atoms with Crippen LogP contribution in [0.15, 0.2) is 23.4 Å². The van der Waals surface area contributed by atoms with Crippen LogP contribution in [0, 0.1) is 10.1 Å². The predicted octanol–water partition coefficient (Wildman–Crippen LogP) is 2.99. The number of nitro benzene ring substituents is 1. The van der Waals surface area contributed by atoms with Crippen LogP contribution in [0.25, 0.3) is 0 Å². The van der Waals surface area contributed by atoms with Gasteiger partial charge in [0.25, 0.3) is 5.69 Å². The first kappa shape index (κ1) is 13.2. The molecular weight excluding hydrogens is 265 g/mol. The third-order valence-corrected chi connectivity index (χ3v) is 2.11. The first-order valence-electron chi connectivity index (χ1n) is 4.01. The van der Waals surface area contributed by atoms with E-state index >= 15 is 0 Å². The molecule has 0 aliphatic rings. The van der Waals surface area contributed by atoms with E-state index in [1.165, 1.54) is 0 Å². The summed E-state index contributed by atoms with van der Waals surface area (Å²) in [4.78, 5) is 9.39. The number of oxime groups is 1. The topological polar surface area (TPSA) is 75.7 Å². The highest BCUT2D eigenvalue weighted by molar-refractivity contribution is 6.69. The second kappa shape index (κ2) is 4.58. The van der Waals surface area contributed by atoms with Crippen LogP contribution in [-0.4, -0.2) is 15.3 Å². The van der Waals surface area contributed by atoms with Crippen molar-refractivity contribution in [3.8, 4) is 0 Å². The molecule has 0 aromatic heterocycles. The molecular formula is C8H4ClF3N2O3. The maximum absolute atomic E-state index is 12.6. The number of alkyl halides is 3. The summed E-state index contributed by atoms with van der Waals surface area (Å²) in [5, 5.41) is 20.3. The predicted molar refractivity (Wildman–Crippen MR) is 52.3 cm³/mol. The van der Waals surface area contributed by atoms with Crippen molar-refractivity contribution in [2.24, 2.45) is 5.16 Å². The summed E-state index contributed by atoms with van der Waals surface area (Å²) in [5.41, 5.74) is -2.70. The third kappa shape index (κ3) is 2.84. The van der Waals surface area contributed by atoms with Gasteiger partial charge in [-0.2, -0.15) is 13.2 Å². The number of rotatable bonds is 2. The smallest absolute Gasteiger partial charge is 0.410 e. The summed E-state index contributed by atoms with van der Waals surface area (Å²) < 4.78 is 37.7. The average Bonchev–Trinajstić information content (AvgIpc) is 2.26. The van der Waals surface area contributed by atoms with Crippen LogP contribution >= 0.6 is 11.6 Å². The summed E-state index contributed by atoms with van der Waals surface area (Å²) in [7, 11) is 0. The van der Waals surface area contributed by atoms with E-state index in [-0.39, 0.29) is 0 Å². The van der Waals surface area contributed by atoms with Gasteiger partial charge in [-0.15, -0.1) is 0 Å². The molecule has 0 fully saturated rings. The van der Waals surface area contributed by atoms with E-state index in [0.29, 0.717) is 6.07 Å². The highest BCUT2D eigenvalue weighted by Gasteiger charge is 2.36. The summed E-state index contributed by atoms with van der Waals surface area (Å²) >= 11 is 5.26. The van der Waals surface area contributed by atoms with Crippen LogP contribution in [0.4, 0.5) is 18.9 Å². The minimum Gasteiger partial charge on any atom is -0.410 e. The number of nitro groups is 1. The molecule has 1 aromatic carbocycles. The molecule has 0 spiro atoms. The molecule has 92 valence electrons. The Kier molecular flexibility index (Phi) is 3.56. The van der Waals surface area contributed by atoms with Crippen LogP contribution in [0.5, 0.6) is 0 Å². The van der Waals surface area contributed by atoms with Crippen molar-refractivity contribution < 1.29 is 23.3 Å². The van der Waals surface area contributed by atoms with Gasteiger partial charge in [0, 0.05) is 17.7 Å². The summed E-state index contributed by atoms with van der Waals surface area (Å²) in [6, 6.07) is 1.92. The molecule has 0 bridgehead atoms. The van der Waals surface area contributed by atoms with Gasteiger partial charge < -0.3 is 5.21 Å². The monoisotopic (exact) mass is 268 g/mol. The second-order valence-electron chi connectivity index (χ2n) is 2.88. The molecule has 0 heterocycles. The van der Waals surface area contributed by atoms with Gasteiger partial charge in [-0.1, -0.05) is 16.8 Å². The van der Waals surface area contributed by atoms with Crippen molar-refractivity contribution in [1.29, 1.82) is 0 Å². The van der Waals surface area contributed by atoms with Gasteiger partial charge in [0.05, 0.1) is 10.5 Å². The third-order valence-electron chi connectivity index (χ3n) is 1.83. The lowest BCUT2D eigenvalue weighted by molar-refractivity contribution is -0.385. The standard InChI is InChI=1S/C8H4ClF3N2O3/c9-7(13-15)5-2-1-4(14(16)17)3-6(5)8(10,11)12/h1-3,15H. The minimum absolute atomic E-state index is 0.322. The van der Waals surface area contributed by atoms with E-state index in [1.807, 2.05) is 0 Å². The summed E-state index contributed by atoms with van der Waals surface area (Å²) in [6.45, 7) is 0. The Labute approximate surface area is 97.3 Å². The SMILES string of the molecule is O=[N+]([O-])c1ccc(C(Cl)=NO)c(C(F)(F)F)c1. The van der Waals surface area contributed by atoms with Crippen LogP contribution in [0.3, 0.4) is 0 Å². The normalized spacial score (nSPS) is 12.6. The molecule has 0 amide bonds. The molecule has 5 nitrogen and oxygen atoms in total. The van der Waals surface area contributed by atoms with Gasteiger partial charge in [-0.05, 0) is 6.07 Å². The van der Waals surface area contributed by atoms with E-state index in [2.05, 4.69) is 5.16 Å². The number of hydrogen-bond acceptors (Lipinski definition) is 4. The molecule has 0 unspecified atom stereocenters. The Bertz CT molecular complexity index is 487. The zero-order valence-electron chi connectivity index (χ0n) is 7.90. The molecule has 9 heteroatoms. The Hall–Kier alpha value is -1.83. The van der Waals surface area contributed by atoms with Crippen molar-refractivity contribution in [3.05, 3.63) is 39.4 Å². The molecule has 0 atom stereocenters. The van der Waals surface area contributed by atoms with Gasteiger partial charge in [0.2, 0.25) is 0 Å². The lowest BCUT2D eigenvalue weighted by atomic mass is 10.1. The van der Waals surface area contributed by atoms with Crippen LogP contribution in [0.1, 0.15) is 11.1 Å². The largest absolute Gasteiger partial charge is 0.417 e. The van der Waals surface area contributed by atoms with E-state index in [1.54, 1.807) is 0 Å². The first-order chi connectivity index (χ1) is 7.77. The van der Waals surface area contributed by atoms with Crippen molar-refractivity contribution in [2.45, 2.75) is 6.18 Å². The number of halogens is 4. The van der Waals surface area contributed by atoms with Gasteiger partial charge in [-0.25, -0.2) is 0 Å². The van der Waals surface area contributed by atoms with Crippen LogP contribution < -0.4 is 0 Å². The Morgan fingerprint density at radius 1 is 1.47 bits per heavy atom. The van der Waals surface area contributed by atoms with Gasteiger partial charge in [-0.3, -0.25) is 10.1 Å². The van der Waals surface area contributed by atoms with Crippen LogP contribution in [-0.2, 0) is 6.18 Å². The quantitative estimate of drug-likeness (QED) is 0.388. The highest BCUT2D eigenvalue weighted by atomic mass is 35.5. The zero-order valence-corrected chi connectivity index (χ0v) is 8.66. The van der Waals surface area contributed by atoms with Crippen LogP contribution in [0.2, 0.25) is 0 Å². The Morgan fingerprint density at radius 2 is 2.06 bits per heavy atom. The summed E-state index contributed by atoms with van der Waals surface area (Å²) in [5.74, 6) is 0. The first-order valence-corrected chi connectivity index (χ1v) is 4.38. The highest BCUT2D eigenvalue weighted by Crippen LogP contribution is 2.35. The number of non-ortho nitro benzene ring substituents is 1. The van der Waals surface area contributed by atoms with Gasteiger partial charge >= 0.3 is 6.18 Å². The molecule has 0 aliphatic carbocycles. The fraction of sp³-hybridized carbons (Fsp3) is 0.125. The lowest BCUT2D eigenvalue weighted by Crippen LogP contribution is -2.11. The minimum atomic E-state index is -4.84. The second-order valence-corrected chi connectivity index (χ2v) is 3.23. The van der Waals surface area contributed by atoms with Gasteiger partial charge in [0.15, 0.2) is 5.17 Å². The molecule has 0 saturated heterocycles. The maximum atomic E-state index is 12.6. The molecule has 1 rings (SSSR count). The number of nitrogens with zero attached hydrogens (tertiary/aromatic N) is 2. The van der Waals surface area contributed by atoms with E-state index in [0.717, 1.165) is 12.1 Å². The Balaban J connectivity index is 3.48. The average molecular weight is 269 g/mol.